The lowest BCUT2D eigenvalue weighted by Crippen LogP contribution is -1.68. The average Bonchev–Trinajstić information content (AvgIpc) is 2.30. The van der Waals surface area contributed by atoms with E-state index in [1.54, 1.807) is 0 Å². The smallest absolute Gasteiger partial charge is 0.0348 e. The lowest BCUT2D eigenvalue weighted by Gasteiger charge is -1.88. The molecule has 0 amide bonds. The molecule has 56 valence electrons. The Morgan fingerprint density at radius 3 is 2.55 bits per heavy atom. The van der Waals surface area contributed by atoms with Crippen LogP contribution in [0.1, 0.15) is 10.4 Å². The third-order valence-corrected chi connectivity index (χ3v) is 3.27. The highest BCUT2D eigenvalue weighted by molar-refractivity contribution is 7.19. The summed E-state index contributed by atoms with van der Waals surface area (Å²) in [6, 6.07) is 8.56. The fourth-order valence-corrected chi connectivity index (χ4v) is 2.37. The number of thiophene rings is 1. The minimum Gasteiger partial charge on any atom is -0.140 e. The maximum absolute atomic E-state index is 2.19. The van der Waals surface area contributed by atoms with Gasteiger partial charge in [0.05, 0.1) is 0 Å². The van der Waals surface area contributed by atoms with E-state index in [4.69, 9.17) is 0 Å². The molecule has 2 aromatic rings. The summed E-state index contributed by atoms with van der Waals surface area (Å²) in [7, 11) is 0. The van der Waals surface area contributed by atoms with Crippen molar-refractivity contribution in [2.75, 3.05) is 0 Å². The monoisotopic (exact) mass is 162 g/mol. The fraction of sp³-hybridized carbons (Fsp3) is 0.200. The molecule has 1 aromatic carbocycles. The Balaban J connectivity index is 2.92. The van der Waals surface area contributed by atoms with Gasteiger partial charge < -0.3 is 0 Å². The van der Waals surface area contributed by atoms with E-state index in [2.05, 4.69) is 38.1 Å². The second-order valence-electron chi connectivity index (χ2n) is 2.78. The standard InChI is InChI=1S/C10H10S/c1-7-8(2)11-10-6-4-3-5-9(7)10/h3-6H,1-2H3. The molecular weight excluding hydrogens is 152 g/mol. The highest BCUT2D eigenvalue weighted by atomic mass is 32.1. The normalized spacial score (nSPS) is 10.7. The zero-order chi connectivity index (χ0) is 7.84. The molecule has 0 fully saturated rings. The van der Waals surface area contributed by atoms with Crippen molar-refractivity contribution < 1.29 is 0 Å². The van der Waals surface area contributed by atoms with Crippen LogP contribution in [0.5, 0.6) is 0 Å². The van der Waals surface area contributed by atoms with E-state index in [0.717, 1.165) is 0 Å². The lowest BCUT2D eigenvalue weighted by molar-refractivity contribution is 1.47. The number of aryl methyl sites for hydroxylation is 2. The minimum absolute atomic E-state index is 1.41. The number of hydrogen-bond acceptors (Lipinski definition) is 1. The van der Waals surface area contributed by atoms with Crippen LogP contribution in [-0.2, 0) is 0 Å². The molecule has 2 rings (SSSR count). The van der Waals surface area contributed by atoms with Crippen molar-refractivity contribution in [3.63, 3.8) is 0 Å². The average molecular weight is 162 g/mol. The van der Waals surface area contributed by atoms with Crippen molar-refractivity contribution in [3.8, 4) is 0 Å². The topological polar surface area (TPSA) is 0 Å². The molecule has 0 bridgehead atoms. The van der Waals surface area contributed by atoms with E-state index in [1.807, 2.05) is 11.3 Å². The van der Waals surface area contributed by atoms with Crippen LogP contribution in [0.15, 0.2) is 24.3 Å². The first-order chi connectivity index (χ1) is 5.29. The molecule has 0 aliphatic rings. The lowest BCUT2D eigenvalue weighted by atomic mass is 10.2. The van der Waals surface area contributed by atoms with E-state index in [9.17, 15) is 0 Å². The van der Waals surface area contributed by atoms with E-state index < -0.39 is 0 Å². The molecule has 11 heavy (non-hydrogen) atoms. The predicted molar refractivity (Wildman–Crippen MR) is 51.3 cm³/mol. The van der Waals surface area contributed by atoms with Crippen LogP contribution < -0.4 is 0 Å². The third-order valence-electron chi connectivity index (χ3n) is 2.08. The summed E-state index contributed by atoms with van der Waals surface area (Å²) in [6.07, 6.45) is 0. The minimum atomic E-state index is 1.41. The Labute approximate surface area is 70.5 Å². The highest BCUT2D eigenvalue weighted by Crippen LogP contribution is 2.29. The molecule has 0 saturated heterocycles. The van der Waals surface area contributed by atoms with Crippen LogP contribution in [0.4, 0.5) is 0 Å². The maximum atomic E-state index is 2.19. The van der Waals surface area contributed by atoms with Crippen molar-refractivity contribution in [2.45, 2.75) is 13.8 Å². The van der Waals surface area contributed by atoms with E-state index in [1.165, 1.54) is 20.5 Å². The van der Waals surface area contributed by atoms with E-state index in [-0.39, 0.29) is 0 Å². The van der Waals surface area contributed by atoms with Crippen LogP contribution in [0, 0.1) is 13.8 Å². The molecule has 1 heteroatoms. The Hall–Kier alpha value is -0.820. The largest absolute Gasteiger partial charge is 0.140 e. The van der Waals surface area contributed by atoms with Crippen molar-refractivity contribution >= 4 is 21.4 Å². The van der Waals surface area contributed by atoms with Crippen molar-refractivity contribution in [3.05, 3.63) is 34.7 Å². The molecule has 0 aliphatic heterocycles. The van der Waals surface area contributed by atoms with Crippen LogP contribution >= 0.6 is 11.3 Å². The highest BCUT2D eigenvalue weighted by Gasteiger charge is 2.01. The first kappa shape index (κ1) is 6.86. The first-order valence-electron chi connectivity index (χ1n) is 3.74. The summed E-state index contributed by atoms with van der Waals surface area (Å²) >= 11 is 1.88. The van der Waals surface area contributed by atoms with Gasteiger partial charge in [0.1, 0.15) is 0 Å². The fourth-order valence-electron chi connectivity index (χ4n) is 1.30. The van der Waals surface area contributed by atoms with Gasteiger partial charge >= 0.3 is 0 Å². The molecule has 1 aromatic heterocycles. The Morgan fingerprint density at radius 1 is 1.09 bits per heavy atom. The quantitative estimate of drug-likeness (QED) is 0.556. The first-order valence-corrected chi connectivity index (χ1v) is 4.55. The van der Waals surface area contributed by atoms with Crippen molar-refractivity contribution in [1.29, 1.82) is 0 Å². The van der Waals surface area contributed by atoms with Crippen LogP contribution in [0.25, 0.3) is 10.1 Å². The summed E-state index contributed by atoms with van der Waals surface area (Å²) in [5.41, 5.74) is 1.44. The molecule has 0 spiro atoms. The summed E-state index contributed by atoms with van der Waals surface area (Å²) < 4.78 is 1.41. The second-order valence-corrected chi connectivity index (χ2v) is 4.04. The second kappa shape index (κ2) is 2.35. The molecule has 0 N–H and O–H groups in total. The molecule has 0 radical (unpaired) electrons. The van der Waals surface area contributed by atoms with E-state index >= 15 is 0 Å². The zero-order valence-corrected chi connectivity index (χ0v) is 7.53. The maximum Gasteiger partial charge on any atom is 0.0348 e. The van der Waals surface area contributed by atoms with Gasteiger partial charge in [0, 0.05) is 9.58 Å². The third kappa shape index (κ3) is 0.962. The molecule has 0 aliphatic carbocycles. The number of rotatable bonds is 0. The molecule has 0 nitrogen and oxygen atoms in total. The SMILES string of the molecule is Cc1sc2ccccc2c1C. The number of hydrogen-bond donors (Lipinski definition) is 0. The predicted octanol–water partition coefficient (Wildman–Crippen LogP) is 3.52. The van der Waals surface area contributed by atoms with Gasteiger partial charge in [-0.1, -0.05) is 18.2 Å². The van der Waals surface area contributed by atoms with Gasteiger partial charge in [-0.15, -0.1) is 11.3 Å². The van der Waals surface area contributed by atoms with Gasteiger partial charge in [0.2, 0.25) is 0 Å². The zero-order valence-electron chi connectivity index (χ0n) is 6.72. The molecule has 0 saturated carbocycles. The summed E-state index contributed by atoms with van der Waals surface area (Å²) in [5.74, 6) is 0. The van der Waals surface area contributed by atoms with E-state index in [0.29, 0.717) is 0 Å². The molecule has 0 atom stereocenters. The van der Waals surface area contributed by atoms with Gasteiger partial charge in [-0.3, -0.25) is 0 Å². The van der Waals surface area contributed by atoms with Crippen molar-refractivity contribution in [2.24, 2.45) is 0 Å². The number of fused-ring (bicyclic) bond motifs is 1. The van der Waals surface area contributed by atoms with Gasteiger partial charge in [-0.25, -0.2) is 0 Å². The number of benzene rings is 1. The van der Waals surface area contributed by atoms with Crippen LogP contribution in [0.2, 0.25) is 0 Å². The molecular formula is C10H10S. The Bertz CT molecular complexity index is 385. The summed E-state index contributed by atoms with van der Waals surface area (Å²) in [6.45, 7) is 4.37. The molecule has 1 heterocycles. The van der Waals surface area contributed by atoms with Crippen molar-refractivity contribution in [1.82, 2.24) is 0 Å². The van der Waals surface area contributed by atoms with Crippen LogP contribution in [-0.4, -0.2) is 0 Å². The Kier molecular flexibility index (Phi) is 1.46. The summed E-state index contributed by atoms with van der Waals surface area (Å²) in [4.78, 5) is 1.44. The summed E-state index contributed by atoms with van der Waals surface area (Å²) in [5, 5.41) is 1.41. The molecule has 0 unspecified atom stereocenters. The van der Waals surface area contributed by atoms with Crippen LogP contribution in [0.3, 0.4) is 0 Å². The van der Waals surface area contributed by atoms with Gasteiger partial charge in [0.25, 0.3) is 0 Å². The van der Waals surface area contributed by atoms with Gasteiger partial charge in [0.15, 0.2) is 0 Å². The Morgan fingerprint density at radius 2 is 1.82 bits per heavy atom. The van der Waals surface area contributed by atoms with Gasteiger partial charge in [-0.2, -0.15) is 0 Å². The van der Waals surface area contributed by atoms with Gasteiger partial charge in [-0.05, 0) is 30.9 Å².